The number of halogens is 1. The van der Waals surface area contributed by atoms with Gasteiger partial charge >= 0.3 is 0 Å². The first-order chi connectivity index (χ1) is 13.3. The number of ketones is 1. The van der Waals surface area contributed by atoms with Gasteiger partial charge < -0.3 is 10.6 Å². The van der Waals surface area contributed by atoms with Crippen molar-refractivity contribution >= 4 is 50.4 Å². The van der Waals surface area contributed by atoms with Gasteiger partial charge in [-0.3, -0.25) is 9.48 Å². The zero-order valence-corrected chi connectivity index (χ0v) is 18.3. The molecular weight excluding hydrogens is 436 g/mol. The molecule has 0 fully saturated rings. The smallest absolute Gasteiger partial charge is 0.175 e. The molecular formula is C21H21BrN4OS. The van der Waals surface area contributed by atoms with Gasteiger partial charge in [0.05, 0.1) is 23.6 Å². The Labute approximate surface area is 178 Å². The van der Waals surface area contributed by atoms with Crippen molar-refractivity contribution in [1.29, 1.82) is 0 Å². The van der Waals surface area contributed by atoms with Crippen LogP contribution in [0.4, 0.5) is 11.4 Å². The van der Waals surface area contributed by atoms with E-state index in [1.807, 2.05) is 42.8 Å². The van der Waals surface area contributed by atoms with E-state index in [0.717, 1.165) is 27.2 Å². The quantitative estimate of drug-likeness (QED) is 0.401. The maximum Gasteiger partial charge on any atom is 0.175 e. The number of hydrogen-bond acceptors (Lipinski definition) is 3. The zero-order valence-electron chi connectivity index (χ0n) is 15.9. The zero-order chi connectivity index (χ0) is 20.3. The van der Waals surface area contributed by atoms with Gasteiger partial charge in [0.2, 0.25) is 0 Å². The van der Waals surface area contributed by atoms with Crippen LogP contribution in [0.5, 0.6) is 0 Å². The molecule has 1 heterocycles. The van der Waals surface area contributed by atoms with E-state index in [-0.39, 0.29) is 5.78 Å². The van der Waals surface area contributed by atoms with Crippen molar-refractivity contribution in [2.45, 2.75) is 27.3 Å². The summed E-state index contributed by atoms with van der Waals surface area (Å²) in [6.07, 6.45) is 0. The van der Waals surface area contributed by atoms with E-state index in [1.54, 1.807) is 19.1 Å². The van der Waals surface area contributed by atoms with E-state index < -0.39 is 0 Å². The molecule has 0 spiro atoms. The molecule has 1 aromatic heterocycles. The van der Waals surface area contributed by atoms with Crippen LogP contribution in [-0.4, -0.2) is 20.7 Å². The summed E-state index contributed by atoms with van der Waals surface area (Å²) in [5.41, 5.74) is 5.34. The number of nitrogens with one attached hydrogen (secondary N) is 2. The van der Waals surface area contributed by atoms with Gasteiger partial charge in [-0.05, 0) is 62.8 Å². The van der Waals surface area contributed by atoms with Gasteiger partial charge in [-0.15, -0.1) is 0 Å². The summed E-state index contributed by atoms with van der Waals surface area (Å²) in [5.74, 6) is 0.0171. The first-order valence-corrected chi connectivity index (χ1v) is 10.0. The molecule has 28 heavy (non-hydrogen) atoms. The lowest BCUT2D eigenvalue weighted by atomic mass is 10.1. The van der Waals surface area contributed by atoms with E-state index in [4.69, 9.17) is 12.2 Å². The van der Waals surface area contributed by atoms with Crippen molar-refractivity contribution < 1.29 is 4.79 Å². The molecule has 144 valence electrons. The van der Waals surface area contributed by atoms with Crippen molar-refractivity contribution in [3.8, 4) is 0 Å². The molecule has 2 aromatic carbocycles. The minimum atomic E-state index is 0.0171. The van der Waals surface area contributed by atoms with E-state index in [9.17, 15) is 4.79 Å². The van der Waals surface area contributed by atoms with E-state index in [1.165, 1.54) is 5.56 Å². The minimum absolute atomic E-state index is 0.0171. The topological polar surface area (TPSA) is 59.0 Å². The number of benzene rings is 2. The predicted octanol–water partition coefficient (Wildman–Crippen LogP) is 5.32. The second kappa shape index (κ2) is 8.67. The van der Waals surface area contributed by atoms with Crippen LogP contribution >= 0.6 is 28.1 Å². The third-order valence-corrected chi connectivity index (χ3v) is 5.13. The Morgan fingerprint density at radius 2 is 1.86 bits per heavy atom. The lowest BCUT2D eigenvalue weighted by molar-refractivity contribution is 0.101. The fourth-order valence-corrected chi connectivity index (χ4v) is 3.37. The van der Waals surface area contributed by atoms with Gasteiger partial charge in [-0.2, -0.15) is 5.10 Å². The van der Waals surface area contributed by atoms with Crippen molar-refractivity contribution in [2.24, 2.45) is 0 Å². The SMILES string of the molecule is CC(=O)c1cccc(NC(=S)Nc2c(C)nn(Cc3ccc(Br)cc3)c2C)c1. The highest BCUT2D eigenvalue weighted by Crippen LogP contribution is 2.22. The van der Waals surface area contributed by atoms with Crippen molar-refractivity contribution in [3.63, 3.8) is 0 Å². The molecule has 0 bridgehead atoms. The number of thiocarbonyl (C=S) groups is 1. The van der Waals surface area contributed by atoms with Gasteiger partial charge in [0.1, 0.15) is 0 Å². The van der Waals surface area contributed by atoms with Crippen LogP contribution in [0, 0.1) is 13.8 Å². The molecule has 0 saturated carbocycles. The highest BCUT2D eigenvalue weighted by Gasteiger charge is 2.13. The largest absolute Gasteiger partial charge is 0.332 e. The summed E-state index contributed by atoms with van der Waals surface area (Å²) in [6, 6.07) is 15.5. The Kier molecular flexibility index (Phi) is 6.26. The standard InChI is InChI=1S/C21H21BrN4OS/c1-13-20(14(2)26(25-13)12-16-7-9-18(22)10-8-16)24-21(28)23-19-6-4-5-17(11-19)15(3)27/h4-11H,12H2,1-3H3,(H2,23,24,28). The molecule has 0 radical (unpaired) electrons. The Hall–Kier alpha value is -2.51. The first kappa shape index (κ1) is 20.2. The van der Waals surface area contributed by atoms with Crippen molar-refractivity contribution in [3.05, 3.63) is 75.5 Å². The molecule has 0 aliphatic rings. The van der Waals surface area contributed by atoms with E-state index >= 15 is 0 Å². The number of Topliss-reactive ketones (excluding diaryl/α,β-unsaturated/α-hetero) is 1. The predicted molar refractivity (Wildman–Crippen MR) is 121 cm³/mol. The van der Waals surface area contributed by atoms with Crippen LogP contribution in [0.25, 0.3) is 0 Å². The molecule has 2 N–H and O–H groups in total. The molecule has 0 saturated heterocycles. The summed E-state index contributed by atoms with van der Waals surface area (Å²) in [4.78, 5) is 11.5. The van der Waals surface area contributed by atoms with Gasteiger partial charge in [-0.25, -0.2) is 0 Å². The van der Waals surface area contributed by atoms with Crippen LogP contribution in [0.2, 0.25) is 0 Å². The number of carbonyl (C=O) groups is 1. The maximum absolute atomic E-state index is 11.5. The Bertz CT molecular complexity index is 1030. The lowest BCUT2D eigenvalue weighted by Crippen LogP contribution is -2.20. The first-order valence-electron chi connectivity index (χ1n) is 8.81. The minimum Gasteiger partial charge on any atom is -0.332 e. The third kappa shape index (κ3) is 4.85. The maximum atomic E-state index is 11.5. The third-order valence-electron chi connectivity index (χ3n) is 4.39. The molecule has 5 nitrogen and oxygen atoms in total. The molecule has 0 aliphatic carbocycles. The van der Waals surface area contributed by atoms with Gasteiger partial charge in [0.25, 0.3) is 0 Å². The lowest BCUT2D eigenvalue weighted by Gasteiger charge is -2.12. The van der Waals surface area contributed by atoms with Gasteiger partial charge in [-0.1, -0.05) is 40.2 Å². The van der Waals surface area contributed by atoms with Crippen LogP contribution in [0.1, 0.15) is 34.2 Å². The van der Waals surface area contributed by atoms with Crippen molar-refractivity contribution in [1.82, 2.24) is 9.78 Å². The van der Waals surface area contributed by atoms with Crippen molar-refractivity contribution in [2.75, 3.05) is 10.6 Å². The number of aromatic nitrogens is 2. The molecule has 0 aliphatic heterocycles. The Morgan fingerprint density at radius 3 is 2.54 bits per heavy atom. The monoisotopic (exact) mass is 456 g/mol. The average Bonchev–Trinajstić information content (AvgIpc) is 2.91. The van der Waals surface area contributed by atoms with Gasteiger partial charge in [0, 0.05) is 15.7 Å². The number of anilines is 2. The fraction of sp³-hybridized carbons (Fsp3) is 0.190. The summed E-state index contributed by atoms with van der Waals surface area (Å²) in [6.45, 7) is 6.19. The number of aryl methyl sites for hydroxylation is 1. The fourth-order valence-electron chi connectivity index (χ4n) is 2.89. The van der Waals surface area contributed by atoms with E-state index in [0.29, 0.717) is 17.2 Å². The summed E-state index contributed by atoms with van der Waals surface area (Å²) < 4.78 is 3.01. The molecule has 3 rings (SSSR count). The van der Waals surface area contributed by atoms with Crippen LogP contribution in [0.3, 0.4) is 0 Å². The van der Waals surface area contributed by atoms with Gasteiger partial charge in [0.15, 0.2) is 10.9 Å². The Morgan fingerprint density at radius 1 is 1.14 bits per heavy atom. The molecule has 0 atom stereocenters. The summed E-state index contributed by atoms with van der Waals surface area (Å²) in [7, 11) is 0. The Balaban J connectivity index is 1.72. The molecule has 3 aromatic rings. The molecule has 0 amide bonds. The summed E-state index contributed by atoms with van der Waals surface area (Å²) in [5, 5.41) is 11.5. The highest BCUT2D eigenvalue weighted by molar-refractivity contribution is 9.10. The second-order valence-electron chi connectivity index (χ2n) is 6.55. The molecule has 7 heteroatoms. The normalized spacial score (nSPS) is 10.6. The number of rotatable bonds is 5. The molecule has 0 unspecified atom stereocenters. The van der Waals surface area contributed by atoms with Crippen LogP contribution in [-0.2, 0) is 6.54 Å². The van der Waals surface area contributed by atoms with Crippen LogP contribution < -0.4 is 10.6 Å². The number of nitrogens with zero attached hydrogens (tertiary/aromatic N) is 2. The number of hydrogen-bond donors (Lipinski definition) is 2. The average molecular weight is 457 g/mol. The summed E-state index contributed by atoms with van der Waals surface area (Å²) >= 11 is 8.91. The number of carbonyl (C=O) groups excluding carboxylic acids is 1. The highest BCUT2D eigenvalue weighted by atomic mass is 79.9. The van der Waals surface area contributed by atoms with Crippen LogP contribution in [0.15, 0.2) is 53.0 Å². The second-order valence-corrected chi connectivity index (χ2v) is 7.87. The van der Waals surface area contributed by atoms with E-state index in [2.05, 4.69) is 43.8 Å².